The summed E-state index contributed by atoms with van der Waals surface area (Å²) in [6, 6.07) is 11.0. The van der Waals surface area contributed by atoms with Gasteiger partial charge in [0, 0.05) is 41.7 Å². The lowest BCUT2D eigenvalue weighted by Crippen LogP contribution is -2.10. The van der Waals surface area contributed by atoms with E-state index in [0.29, 0.717) is 6.42 Å². The van der Waals surface area contributed by atoms with Crippen LogP contribution in [0.3, 0.4) is 0 Å². The number of aromatic nitrogens is 2. The minimum Gasteiger partial charge on any atom is -0.299 e. The van der Waals surface area contributed by atoms with E-state index in [1.54, 1.807) is 18.6 Å². The van der Waals surface area contributed by atoms with Crippen LogP contribution in [0.15, 0.2) is 60.1 Å². The largest absolute Gasteiger partial charge is 0.299 e. The number of hydrogen-bond acceptors (Lipinski definition) is 4. The number of carbonyl (C=O) groups excluding carboxylic acids is 1. The zero-order chi connectivity index (χ0) is 17.6. The Labute approximate surface area is 145 Å². The van der Waals surface area contributed by atoms with Crippen LogP contribution in [0.5, 0.6) is 0 Å². The van der Waals surface area contributed by atoms with E-state index in [1.165, 1.54) is 0 Å². The molecule has 6 nitrogen and oxygen atoms in total. The number of para-hydroxylation sites is 1. The fourth-order valence-corrected chi connectivity index (χ4v) is 2.98. The van der Waals surface area contributed by atoms with Crippen LogP contribution in [0.4, 0.5) is 0 Å². The smallest absolute Gasteiger partial charge is 0.141 e. The summed E-state index contributed by atoms with van der Waals surface area (Å²) in [5.41, 5.74) is 12.2. The zero-order valence-corrected chi connectivity index (χ0v) is 13.8. The molecule has 2 heterocycles. The van der Waals surface area contributed by atoms with Crippen molar-refractivity contribution in [1.29, 1.82) is 0 Å². The summed E-state index contributed by atoms with van der Waals surface area (Å²) in [4.78, 5) is 23.9. The lowest BCUT2D eigenvalue weighted by atomic mass is 9.94. The highest BCUT2D eigenvalue weighted by Crippen LogP contribution is 2.29. The lowest BCUT2D eigenvalue weighted by molar-refractivity contribution is -0.117. The van der Waals surface area contributed by atoms with Gasteiger partial charge in [0.2, 0.25) is 0 Å². The fourth-order valence-electron chi connectivity index (χ4n) is 2.98. The first kappa shape index (κ1) is 16.6. The number of rotatable bonds is 6. The number of Topliss-reactive ketones (excluding diaryl/α,β-unsaturated/α-hetero) is 1. The quantitative estimate of drug-likeness (QED) is 0.382. The molecule has 3 aromatic rings. The maximum atomic E-state index is 12.5. The van der Waals surface area contributed by atoms with Crippen LogP contribution >= 0.6 is 0 Å². The van der Waals surface area contributed by atoms with Crippen molar-refractivity contribution in [2.45, 2.75) is 25.8 Å². The highest BCUT2D eigenvalue weighted by Gasteiger charge is 2.17. The maximum absolute atomic E-state index is 12.5. The van der Waals surface area contributed by atoms with E-state index in [9.17, 15) is 4.79 Å². The summed E-state index contributed by atoms with van der Waals surface area (Å²) in [5, 5.41) is 4.74. The number of ketones is 1. The van der Waals surface area contributed by atoms with Gasteiger partial charge in [-0.05, 0) is 34.4 Å². The van der Waals surface area contributed by atoms with Crippen molar-refractivity contribution in [1.82, 2.24) is 9.97 Å². The second-order valence-electron chi connectivity index (χ2n) is 5.85. The summed E-state index contributed by atoms with van der Waals surface area (Å²) >= 11 is 0. The highest BCUT2D eigenvalue weighted by atomic mass is 16.1. The third-order valence-electron chi connectivity index (χ3n) is 4.05. The SMILES string of the molecule is CC(N=[N+]=[N-])c1c(CC(=O)Cc2cccnc2)cnc2ccccc12. The Morgan fingerprint density at radius 3 is 2.80 bits per heavy atom. The Kier molecular flexibility index (Phi) is 5.02. The average molecular weight is 331 g/mol. The van der Waals surface area contributed by atoms with Gasteiger partial charge in [-0.3, -0.25) is 14.8 Å². The molecule has 3 rings (SSSR count). The van der Waals surface area contributed by atoms with E-state index in [4.69, 9.17) is 5.53 Å². The Balaban J connectivity index is 1.96. The van der Waals surface area contributed by atoms with Crippen molar-refractivity contribution in [3.8, 4) is 0 Å². The van der Waals surface area contributed by atoms with Crippen molar-refractivity contribution >= 4 is 16.7 Å². The first-order valence-corrected chi connectivity index (χ1v) is 8.00. The molecule has 1 atom stereocenters. The van der Waals surface area contributed by atoms with Crippen LogP contribution in [0.1, 0.15) is 29.7 Å². The van der Waals surface area contributed by atoms with E-state index in [0.717, 1.165) is 27.6 Å². The first-order chi connectivity index (χ1) is 12.2. The van der Waals surface area contributed by atoms with Gasteiger partial charge in [0.15, 0.2) is 0 Å². The van der Waals surface area contributed by atoms with Gasteiger partial charge < -0.3 is 0 Å². The molecule has 0 amide bonds. The Hall–Kier alpha value is -3.24. The minimum absolute atomic E-state index is 0.0690. The number of nitrogens with zero attached hydrogens (tertiary/aromatic N) is 5. The molecule has 124 valence electrons. The van der Waals surface area contributed by atoms with Gasteiger partial charge >= 0.3 is 0 Å². The van der Waals surface area contributed by atoms with Crippen LogP contribution in [0, 0.1) is 0 Å². The molecule has 0 N–H and O–H groups in total. The first-order valence-electron chi connectivity index (χ1n) is 8.00. The monoisotopic (exact) mass is 331 g/mol. The Morgan fingerprint density at radius 1 is 1.20 bits per heavy atom. The van der Waals surface area contributed by atoms with Crippen LogP contribution < -0.4 is 0 Å². The van der Waals surface area contributed by atoms with Crippen LogP contribution in [-0.2, 0) is 17.6 Å². The topological polar surface area (TPSA) is 91.6 Å². The van der Waals surface area contributed by atoms with Gasteiger partial charge in [-0.1, -0.05) is 36.3 Å². The number of carbonyl (C=O) groups is 1. The van der Waals surface area contributed by atoms with Crippen molar-refractivity contribution < 1.29 is 4.79 Å². The molecule has 0 radical (unpaired) electrons. The van der Waals surface area contributed by atoms with E-state index < -0.39 is 0 Å². The molecule has 0 bridgehead atoms. The van der Waals surface area contributed by atoms with Crippen LogP contribution in [-0.4, -0.2) is 15.8 Å². The van der Waals surface area contributed by atoms with E-state index in [1.807, 2.05) is 43.3 Å². The number of fused-ring (bicyclic) bond motifs is 1. The van der Waals surface area contributed by atoms with Crippen molar-refractivity contribution in [3.05, 3.63) is 82.1 Å². The lowest BCUT2D eigenvalue weighted by Gasteiger charge is -2.15. The molecule has 0 saturated carbocycles. The van der Waals surface area contributed by atoms with E-state index in [-0.39, 0.29) is 18.2 Å². The Morgan fingerprint density at radius 2 is 2.04 bits per heavy atom. The van der Waals surface area contributed by atoms with Gasteiger partial charge in [-0.15, -0.1) is 0 Å². The molecule has 25 heavy (non-hydrogen) atoms. The molecule has 0 saturated heterocycles. The second-order valence-corrected chi connectivity index (χ2v) is 5.85. The highest BCUT2D eigenvalue weighted by molar-refractivity contribution is 5.88. The summed E-state index contributed by atoms with van der Waals surface area (Å²) in [7, 11) is 0. The van der Waals surface area contributed by atoms with E-state index >= 15 is 0 Å². The molecule has 6 heteroatoms. The minimum atomic E-state index is -0.376. The van der Waals surface area contributed by atoms with Crippen LogP contribution in [0.2, 0.25) is 0 Å². The fraction of sp³-hybridized carbons (Fsp3) is 0.211. The van der Waals surface area contributed by atoms with Gasteiger partial charge in [0.1, 0.15) is 5.78 Å². The number of hydrogen-bond donors (Lipinski definition) is 0. The third kappa shape index (κ3) is 3.82. The van der Waals surface area contributed by atoms with Gasteiger partial charge in [0.25, 0.3) is 0 Å². The molecule has 0 aliphatic carbocycles. The van der Waals surface area contributed by atoms with Gasteiger partial charge in [-0.2, -0.15) is 0 Å². The number of pyridine rings is 2. The third-order valence-corrected chi connectivity index (χ3v) is 4.05. The maximum Gasteiger partial charge on any atom is 0.141 e. The molecular formula is C19H17N5O. The van der Waals surface area contributed by atoms with Crippen molar-refractivity contribution in [3.63, 3.8) is 0 Å². The summed E-state index contributed by atoms with van der Waals surface area (Å²) in [6.45, 7) is 1.83. The predicted octanol–water partition coefficient (Wildman–Crippen LogP) is 4.36. The molecule has 1 aromatic carbocycles. The van der Waals surface area contributed by atoms with Crippen molar-refractivity contribution in [2.75, 3.05) is 0 Å². The van der Waals surface area contributed by atoms with Gasteiger partial charge in [-0.25, -0.2) is 0 Å². The molecule has 0 fully saturated rings. The second kappa shape index (κ2) is 7.55. The standard InChI is InChI=1S/C19H17N5O/c1-13(23-24-20)19-15(12-22-18-7-3-2-6-17(18)19)10-16(25)9-14-5-4-8-21-11-14/h2-8,11-13H,9-10H2,1H3. The summed E-state index contributed by atoms with van der Waals surface area (Å²) in [6.07, 6.45) is 5.65. The number of benzene rings is 1. The molecule has 1 unspecified atom stereocenters. The molecule has 0 aliphatic heterocycles. The molecule has 2 aromatic heterocycles. The van der Waals surface area contributed by atoms with E-state index in [2.05, 4.69) is 20.0 Å². The van der Waals surface area contributed by atoms with Gasteiger partial charge in [0.05, 0.1) is 11.6 Å². The summed E-state index contributed by atoms with van der Waals surface area (Å²) in [5.74, 6) is 0.0690. The normalized spacial score (nSPS) is 11.7. The van der Waals surface area contributed by atoms with Crippen molar-refractivity contribution in [2.24, 2.45) is 5.11 Å². The van der Waals surface area contributed by atoms with Crippen LogP contribution in [0.25, 0.3) is 21.3 Å². The number of azide groups is 1. The summed E-state index contributed by atoms with van der Waals surface area (Å²) < 4.78 is 0. The Bertz CT molecular complexity index is 948. The molecular weight excluding hydrogens is 314 g/mol. The average Bonchev–Trinajstić information content (AvgIpc) is 2.62. The molecule has 0 spiro atoms. The molecule has 0 aliphatic rings. The zero-order valence-electron chi connectivity index (χ0n) is 13.8. The predicted molar refractivity (Wildman–Crippen MR) is 96.0 cm³/mol.